The summed E-state index contributed by atoms with van der Waals surface area (Å²) in [5, 5.41) is 0. The molecule has 0 aliphatic rings. The molecule has 0 aliphatic carbocycles. The first kappa shape index (κ1) is 20.4. The Morgan fingerprint density at radius 2 is 1.23 bits per heavy atom. The number of benzene rings is 1. The minimum atomic E-state index is 0.771. The van der Waals surface area contributed by atoms with Crippen molar-refractivity contribution in [1.29, 1.82) is 0 Å². The maximum atomic E-state index is 6.22. The van der Waals surface area contributed by atoms with E-state index >= 15 is 0 Å². The molecule has 2 radical (unpaired) electrons. The van der Waals surface area contributed by atoms with Gasteiger partial charge in [0.1, 0.15) is 7.85 Å². The van der Waals surface area contributed by atoms with Crippen LogP contribution in [-0.2, 0) is 12.8 Å². The third-order valence-corrected chi connectivity index (χ3v) is 5.24. The van der Waals surface area contributed by atoms with Gasteiger partial charge in [-0.1, -0.05) is 58.7 Å². The predicted molar refractivity (Wildman–Crippen MR) is 105 cm³/mol. The van der Waals surface area contributed by atoms with Crippen molar-refractivity contribution in [3.05, 3.63) is 27.7 Å². The standard InChI is InChI=1S/C18H26BBrCl2/c19-17-13-16(10-6-2-4-8-12-22)18(20)14-15(17)9-5-1-3-7-11-21/h13-14H,1-12H2. The molecule has 0 atom stereocenters. The summed E-state index contributed by atoms with van der Waals surface area (Å²) in [6.45, 7) is 0. The molecule has 0 fully saturated rings. The fourth-order valence-electron chi connectivity index (χ4n) is 2.61. The monoisotopic (exact) mass is 402 g/mol. The van der Waals surface area contributed by atoms with E-state index in [9.17, 15) is 0 Å². The van der Waals surface area contributed by atoms with Crippen LogP contribution in [0.5, 0.6) is 0 Å². The summed E-state index contributed by atoms with van der Waals surface area (Å²) >= 11 is 15.1. The van der Waals surface area contributed by atoms with Crippen LogP contribution < -0.4 is 5.46 Å². The first-order valence-corrected chi connectivity index (χ1v) is 10.2. The summed E-state index contributed by atoms with van der Waals surface area (Å²) in [6.07, 6.45) is 11.7. The normalized spacial score (nSPS) is 11.0. The fourth-order valence-corrected chi connectivity index (χ4v) is 3.58. The van der Waals surface area contributed by atoms with E-state index in [-0.39, 0.29) is 0 Å². The first-order valence-electron chi connectivity index (χ1n) is 8.37. The number of rotatable bonds is 12. The van der Waals surface area contributed by atoms with E-state index < -0.39 is 0 Å². The van der Waals surface area contributed by atoms with Crippen LogP contribution in [0.1, 0.15) is 62.5 Å². The van der Waals surface area contributed by atoms with Crippen LogP contribution >= 0.6 is 39.1 Å². The molecule has 0 bridgehead atoms. The Balaban J connectivity index is 2.42. The van der Waals surface area contributed by atoms with Gasteiger partial charge in [0.2, 0.25) is 0 Å². The van der Waals surface area contributed by atoms with Gasteiger partial charge >= 0.3 is 0 Å². The molecule has 4 heteroatoms. The Labute approximate surface area is 155 Å². The van der Waals surface area contributed by atoms with Crippen molar-refractivity contribution in [2.45, 2.75) is 64.2 Å². The third kappa shape index (κ3) is 8.27. The van der Waals surface area contributed by atoms with E-state index in [1.54, 1.807) is 0 Å². The zero-order chi connectivity index (χ0) is 16.2. The fraction of sp³-hybridized carbons (Fsp3) is 0.667. The van der Waals surface area contributed by atoms with Crippen LogP contribution in [0, 0.1) is 0 Å². The Morgan fingerprint density at radius 1 is 0.727 bits per heavy atom. The van der Waals surface area contributed by atoms with Gasteiger partial charge in [-0.05, 0) is 50.2 Å². The van der Waals surface area contributed by atoms with Gasteiger partial charge in [0.25, 0.3) is 0 Å². The van der Waals surface area contributed by atoms with Gasteiger partial charge in [0.05, 0.1) is 0 Å². The number of aryl methyl sites for hydroxylation is 2. The van der Waals surface area contributed by atoms with E-state index in [0.717, 1.165) is 42.9 Å². The average Bonchev–Trinajstić information content (AvgIpc) is 2.51. The van der Waals surface area contributed by atoms with Crippen LogP contribution in [-0.4, -0.2) is 19.6 Å². The number of alkyl halides is 2. The molecule has 0 saturated heterocycles. The highest BCUT2D eigenvalue weighted by atomic mass is 79.9. The summed E-state index contributed by atoms with van der Waals surface area (Å²) in [6, 6.07) is 4.37. The Hall–Kier alpha value is 0.345. The van der Waals surface area contributed by atoms with Crippen LogP contribution in [0.2, 0.25) is 0 Å². The maximum absolute atomic E-state index is 6.22. The lowest BCUT2D eigenvalue weighted by atomic mass is 9.86. The minimum absolute atomic E-state index is 0.771. The molecule has 22 heavy (non-hydrogen) atoms. The summed E-state index contributed by atoms with van der Waals surface area (Å²) in [4.78, 5) is 0. The summed E-state index contributed by atoms with van der Waals surface area (Å²) in [5.41, 5.74) is 3.54. The van der Waals surface area contributed by atoms with Gasteiger partial charge in [0.15, 0.2) is 0 Å². The zero-order valence-electron chi connectivity index (χ0n) is 13.4. The zero-order valence-corrected chi connectivity index (χ0v) is 16.4. The molecule has 0 amide bonds. The van der Waals surface area contributed by atoms with Crippen LogP contribution in [0.4, 0.5) is 0 Å². The van der Waals surface area contributed by atoms with Crippen molar-refractivity contribution in [3.8, 4) is 0 Å². The smallest absolute Gasteiger partial charge is 0.114 e. The van der Waals surface area contributed by atoms with Crippen molar-refractivity contribution < 1.29 is 0 Å². The van der Waals surface area contributed by atoms with E-state index in [1.807, 2.05) is 0 Å². The highest BCUT2D eigenvalue weighted by Gasteiger charge is 2.06. The molecule has 122 valence electrons. The topological polar surface area (TPSA) is 0 Å². The predicted octanol–water partition coefficient (Wildman–Crippen LogP) is 5.93. The van der Waals surface area contributed by atoms with Gasteiger partial charge in [0, 0.05) is 16.2 Å². The van der Waals surface area contributed by atoms with Crippen molar-refractivity contribution >= 4 is 52.4 Å². The SMILES string of the molecule is [B]c1cc(CCCCCCCl)c(Br)cc1CCCCCCCl. The third-order valence-electron chi connectivity index (χ3n) is 3.97. The molecular weight excluding hydrogens is 378 g/mol. The van der Waals surface area contributed by atoms with E-state index in [4.69, 9.17) is 31.0 Å². The molecule has 1 rings (SSSR count). The van der Waals surface area contributed by atoms with Crippen LogP contribution in [0.15, 0.2) is 16.6 Å². The van der Waals surface area contributed by atoms with Gasteiger partial charge in [-0.3, -0.25) is 0 Å². The van der Waals surface area contributed by atoms with Gasteiger partial charge in [-0.2, -0.15) is 0 Å². The lowest BCUT2D eigenvalue weighted by Crippen LogP contribution is -2.12. The average molecular weight is 404 g/mol. The summed E-state index contributed by atoms with van der Waals surface area (Å²) in [7, 11) is 6.22. The van der Waals surface area contributed by atoms with E-state index in [0.29, 0.717) is 0 Å². The Morgan fingerprint density at radius 3 is 1.77 bits per heavy atom. The molecule has 0 saturated carbocycles. The molecule has 0 aliphatic heterocycles. The second kappa shape index (κ2) is 12.7. The molecule has 1 aromatic rings. The maximum Gasteiger partial charge on any atom is 0.114 e. The number of hydrogen-bond donors (Lipinski definition) is 0. The van der Waals surface area contributed by atoms with E-state index in [1.165, 1.54) is 54.1 Å². The van der Waals surface area contributed by atoms with Gasteiger partial charge < -0.3 is 0 Å². The molecule has 0 spiro atoms. The summed E-state index contributed by atoms with van der Waals surface area (Å²) in [5.74, 6) is 1.55. The van der Waals surface area contributed by atoms with Crippen molar-refractivity contribution in [2.24, 2.45) is 0 Å². The molecule has 0 nitrogen and oxygen atoms in total. The Bertz CT molecular complexity index is 384. The molecule has 0 N–H and O–H groups in total. The first-order chi connectivity index (χ1) is 10.7. The molecule has 0 heterocycles. The van der Waals surface area contributed by atoms with Crippen LogP contribution in [0.3, 0.4) is 0 Å². The summed E-state index contributed by atoms with van der Waals surface area (Å²) < 4.78 is 1.20. The highest BCUT2D eigenvalue weighted by Crippen LogP contribution is 2.21. The number of unbranched alkanes of at least 4 members (excludes halogenated alkanes) is 6. The van der Waals surface area contributed by atoms with Crippen molar-refractivity contribution in [3.63, 3.8) is 0 Å². The van der Waals surface area contributed by atoms with Crippen LogP contribution in [0.25, 0.3) is 0 Å². The largest absolute Gasteiger partial charge is 0.127 e. The van der Waals surface area contributed by atoms with Crippen molar-refractivity contribution in [1.82, 2.24) is 0 Å². The number of halogens is 3. The molecule has 0 unspecified atom stereocenters. The second-order valence-corrected chi connectivity index (χ2v) is 7.46. The minimum Gasteiger partial charge on any atom is -0.127 e. The highest BCUT2D eigenvalue weighted by molar-refractivity contribution is 9.10. The quantitative estimate of drug-likeness (QED) is 0.230. The van der Waals surface area contributed by atoms with Crippen molar-refractivity contribution in [2.75, 3.05) is 11.8 Å². The van der Waals surface area contributed by atoms with Gasteiger partial charge in [-0.25, -0.2) is 0 Å². The van der Waals surface area contributed by atoms with Gasteiger partial charge in [-0.15, -0.1) is 23.2 Å². The lowest BCUT2D eigenvalue weighted by molar-refractivity contribution is 0.665. The number of hydrogen-bond acceptors (Lipinski definition) is 0. The lowest BCUT2D eigenvalue weighted by Gasteiger charge is -2.12. The molecular formula is C18H26BBrCl2. The van der Waals surface area contributed by atoms with E-state index in [2.05, 4.69) is 28.1 Å². The second-order valence-electron chi connectivity index (χ2n) is 5.85. The molecule has 1 aromatic carbocycles. The Kier molecular flexibility index (Phi) is 11.8. The molecule has 0 aromatic heterocycles.